The zero-order valence-electron chi connectivity index (χ0n) is 10.3. The number of nitrogens with one attached hydrogen (secondary N) is 1. The number of carbonyl (C=O) groups is 1. The number of carbonyl (C=O) groups excluding carboxylic acids is 1. The Morgan fingerprint density at radius 1 is 1.28 bits per heavy atom. The van der Waals surface area contributed by atoms with Crippen LogP contribution in [-0.4, -0.2) is 22.4 Å². The first-order valence-electron chi connectivity index (χ1n) is 5.86. The van der Waals surface area contributed by atoms with E-state index < -0.39 is 0 Å². The Morgan fingerprint density at radius 3 is 2.89 bits per heavy atom. The van der Waals surface area contributed by atoms with Crippen LogP contribution in [0.2, 0.25) is 0 Å². The molecule has 0 saturated carbocycles. The summed E-state index contributed by atoms with van der Waals surface area (Å²) in [5.74, 6) is -0.136. The molecule has 2 aromatic heterocycles. The lowest BCUT2D eigenvalue weighted by Crippen LogP contribution is -2.26. The van der Waals surface area contributed by atoms with E-state index in [1.165, 1.54) is 0 Å². The molecule has 0 aromatic carbocycles. The van der Waals surface area contributed by atoms with Gasteiger partial charge >= 0.3 is 0 Å². The van der Waals surface area contributed by atoms with E-state index >= 15 is 0 Å². The summed E-state index contributed by atoms with van der Waals surface area (Å²) < 4.78 is 0. The van der Waals surface area contributed by atoms with Crippen molar-refractivity contribution < 1.29 is 4.79 Å². The molecule has 0 atom stereocenters. The maximum Gasteiger partial charge on any atom is 0.269 e. The third kappa shape index (κ3) is 3.38. The van der Waals surface area contributed by atoms with Crippen molar-refractivity contribution in [1.82, 2.24) is 15.3 Å². The van der Waals surface area contributed by atoms with Gasteiger partial charge < -0.3 is 5.32 Å². The molecule has 1 N–H and O–H groups in total. The predicted molar refractivity (Wildman–Crippen MR) is 69.2 cm³/mol. The molecule has 92 valence electrons. The van der Waals surface area contributed by atoms with Gasteiger partial charge in [-0.15, -0.1) is 0 Å². The minimum atomic E-state index is -0.136. The van der Waals surface area contributed by atoms with Crippen molar-refractivity contribution in [3.8, 4) is 0 Å². The first-order chi connectivity index (χ1) is 8.75. The van der Waals surface area contributed by atoms with Crippen molar-refractivity contribution in [3.63, 3.8) is 0 Å². The summed E-state index contributed by atoms with van der Waals surface area (Å²) in [6.45, 7) is 2.45. The van der Waals surface area contributed by atoms with Crippen molar-refractivity contribution in [3.05, 3.63) is 59.7 Å². The molecular formula is C14H15N3O. The number of nitrogens with zero attached hydrogens (tertiary/aromatic N) is 2. The zero-order chi connectivity index (χ0) is 12.8. The van der Waals surface area contributed by atoms with Gasteiger partial charge in [0.2, 0.25) is 0 Å². The molecule has 0 aliphatic carbocycles. The lowest BCUT2D eigenvalue weighted by Gasteiger charge is -2.05. The second-order valence-corrected chi connectivity index (χ2v) is 4.03. The molecule has 18 heavy (non-hydrogen) atoms. The number of hydrogen-bond acceptors (Lipinski definition) is 3. The number of aryl methyl sites for hydroxylation is 1. The van der Waals surface area contributed by atoms with Gasteiger partial charge in [0.1, 0.15) is 5.69 Å². The molecule has 0 saturated heterocycles. The minimum absolute atomic E-state index is 0.136. The SMILES string of the molecule is Cc1cccc(C(=O)NCCc2cccnc2)n1. The normalized spacial score (nSPS) is 10.1. The van der Waals surface area contributed by atoms with Crippen LogP contribution in [0.4, 0.5) is 0 Å². The fourth-order valence-electron chi connectivity index (χ4n) is 1.63. The Balaban J connectivity index is 1.86. The van der Waals surface area contributed by atoms with Crippen LogP contribution in [0.1, 0.15) is 21.7 Å². The van der Waals surface area contributed by atoms with Gasteiger partial charge in [0.05, 0.1) is 0 Å². The van der Waals surface area contributed by atoms with E-state index in [0.29, 0.717) is 12.2 Å². The summed E-state index contributed by atoms with van der Waals surface area (Å²) in [7, 11) is 0. The molecule has 4 heteroatoms. The van der Waals surface area contributed by atoms with Crippen LogP contribution in [0, 0.1) is 6.92 Å². The van der Waals surface area contributed by atoms with Gasteiger partial charge in [0.15, 0.2) is 0 Å². The van der Waals surface area contributed by atoms with Gasteiger partial charge in [0, 0.05) is 24.6 Å². The summed E-state index contributed by atoms with van der Waals surface area (Å²) >= 11 is 0. The van der Waals surface area contributed by atoms with Gasteiger partial charge in [-0.25, -0.2) is 4.98 Å². The average Bonchev–Trinajstić information content (AvgIpc) is 2.40. The zero-order valence-corrected chi connectivity index (χ0v) is 10.3. The monoisotopic (exact) mass is 241 g/mol. The maximum absolute atomic E-state index is 11.8. The lowest BCUT2D eigenvalue weighted by molar-refractivity contribution is 0.0949. The van der Waals surface area contributed by atoms with Gasteiger partial charge in [-0.05, 0) is 37.1 Å². The highest BCUT2D eigenvalue weighted by Gasteiger charge is 2.05. The molecule has 0 aliphatic rings. The van der Waals surface area contributed by atoms with Gasteiger partial charge in [-0.3, -0.25) is 9.78 Å². The second kappa shape index (κ2) is 5.91. The van der Waals surface area contributed by atoms with Crippen LogP contribution in [0.25, 0.3) is 0 Å². The topological polar surface area (TPSA) is 54.9 Å². The molecule has 0 aliphatic heterocycles. The third-order valence-corrected chi connectivity index (χ3v) is 2.54. The fraction of sp³-hybridized carbons (Fsp3) is 0.214. The molecule has 2 heterocycles. The molecule has 0 spiro atoms. The molecule has 1 amide bonds. The summed E-state index contributed by atoms with van der Waals surface area (Å²) in [4.78, 5) is 20.0. The Hall–Kier alpha value is -2.23. The largest absolute Gasteiger partial charge is 0.350 e. The molecule has 0 fully saturated rings. The standard InChI is InChI=1S/C14H15N3O/c1-11-4-2-6-13(17-11)14(18)16-9-7-12-5-3-8-15-10-12/h2-6,8,10H,7,9H2,1H3,(H,16,18). The predicted octanol–water partition coefficient (Wildman–Crippen LogP) is 1.76. The smallest absolute Gasteiger partial charge is 0.269 e. The minimum Gasteiger partial charge on any atom is -0.350 e. The van der Waals surface area contributed by atoms with Crippen molar-refractivity contribution in [2.75, 3.05) is 6.54 Å². The Morgan fingerprint density at radius 2 is 2.17 bits per heavy atom. The fourth-order valence-corrected chi connectivity index (χ4v) is 1.63. The first-order valence-corrected chi connectivity index (χ1v) is 5.86. The third-order valence-electron chi connectivity index (χ3n) is 2.54. The molecule has 0 radical (unpaired) electrons. The van der Waals surface area contributed by atoms with Crippen LogP contribution in [0.3, 0.4) is 0 Å². The van der Waals surface area contributed by atoms with Gasteiger partial charge in [0.25, 0.3) is 5.91 Å². The molecular weight excluding hydrogens is 226 g/mol. The number of pyridine rings is 2. The van der Waals surface area contributed by atoms with E-state index in [1.54, 1.807) is 18.5 Å². The average molecular weight is 241 g/mol. The Bertz CT molecular complexity index is 526. The molecule has 0 bridgehead atoms. The Labute approximate surface area is 106 Å². The molecule has 2 rings (SSSR count). The van der Waals surface area contributed by atoms with E-state index in [0.717, 1.165) is 17.7 Å². The van der Waals surface area contributed by atoms with Crippen molar-refractivity contribution in [2.45, 2.75) is 13.3 Å². The van der Waals surface area contributed by atoms with E-state index in [4.69, 9.17) is 0 Å². The van der Waals surface area contributed by atoms with Crippen molar-refractivity contribution in [1.29, 1.82) is 0 Å². The molecule has 4 nitrogen and oxygen atoms in total. The van der Waals surface area contributed by atoms with E-state index in [2.05, 4.69) is 15.3 Å². The number of aromatic nitrogens is 2. The lowest BCUT2D eigenvalue weighted by atomic mass is 10.2. The van der Waals surface area contributed by atoms with E-state index in [-0.39, 0.29) is 5.91 Å². The van der Waals surface area contributed by atoms with Gasteiger partial charge in [-0.1, -0.05) is 12.1 Å². The number of hydrogen-bond donors (Lipinski definition) is 1. The van der Waals surface area contributed by atoms with Crippen LogP contribution in [0.15, 0.2) is 42.7 Å². The van der Waals surface area contributed by atoms with Crippen LogP contribution < -0.4 is 5.32 Å². The summed E-state index contributed by atoms with van der Waals surface area (Å²) in [5, 5.41) is 2.85. The summed E-state index contributed by atoms with van der Waals surface area (Å²) in [6.07, 6.45) is 4.31. The summed E-state index contributed by atoms with van der Waals surface area (Å²) in [5.41, 5.74) is 2.41. The number of amides is 1. The van der Waals surface area contributed by atoms with Crippen molar-refractivity contribution >= 4 is 5.91 Å². The second-order valence-electron chi connectivity index (χ2n) is 4.03. The van der Waals surface area contributed by atoms with E-state index in [9.17, 15) is 4.79 Å². The van der Waals surface area contributed by atoms with Crippen LogP contribution in [-0.2, 0) is 6.42 Å². The van der Waals surface area contributed by atoms with Crippen LogP contribution in [0.5, 0.6) is 0 Å². The highest BCUT2D eigenvalue weighted by molar-refractivity contribution is 5.92. The molecule has 0 unspecified atom stereocenters. The first kappa shape index (κ1) is 12.2. The quantitative estimate of drug-likeness (QED) is 0.887. The highest BCUT2D eigenvalue weighted by atomic mass is 16.1. The number of rotatable bonds is 4. The van der Waals surface area contributed by atoms with Gasteiger partial charge in [-0.2, -0.15) is 0 Å². The Kier molecular flexibility index (Phi) is 4.02. The van der Waals surface area contributed by atoms with Crippen molar-refractivity contribution in [2.24, 2.45) is 0 Å². The highest BCUT2D eigenvalue weighted by Crippen LogP contribution is 1.99. The van der Waals surface area contributed by atoms with Crippen LogP contribution >= 0.6 is 0 Å². The molecule has 2 aromatic rings. The summed E-state index contributed by atoms with van der Waals surface area (Å²) in [6, 6.07) is 9.29. The van der Waals surface area contributed by atoms with E-state index in [1.807, 2.05) is 31.2 Å². The maximum atomic E-state index is 11.8.